The first-order valence-corrected chi connectivity index (χ1v) is 21.5. The van der Waals surface area contributed by atoms with E-state index < -0.39 is 0 Å². The summed E-state index contributed by atoms with van der Waals surface area (Å²) in [4.78, 5) is 15.0. The van der Waals surface area contributed by atoms with Gasteiger partial charge in [0.2, 0.25) is 5.52 Å². The first kappa shape index (κ1) is 37.9. The number of H-pyrrole nitrogens is 1. The molecule has 2 aliphatic heterocycles. The van der Waals surface area contributed by atoms with Crippen LogP contribution < -0.4 is 9.30 Å². The molecule has 4 aromatic heterocycles. The van der Waals surface area contributed by atoms with Crippen molar-refractivity contribution in [2.24, 2.45) is 0 Å². The lowest BCUT2D eigenvalue weighted by atomic mass is 10.0. The van der Waals surface area contributed by atoms with Crippen molar-refractivity contribution in [3.63, 3.8) is 0 Å². The highest BCUT2D eigenvalue weighted by Gasteiger charge is 2.21. The number of pyridine rings is 1. The molecule has 8 bridgehead atoms. The van der Waals surface area contributed by atoms with Crippen LogP contribution in [-0.2, 0) is 13.1 Å². The molecule has 0 saturated carbocycles. The highest BCUT2D eigenvalue weighted by atomic mass is 16.5. The van der Waals surface area contributed by atoms with Crippen LogP contribution in [0.5, 0.6) is 5.75 Å². The third-order valence-corrected chi connectivity index (χ3v) is 12.1. The Morgan fingerprint density at radius 3 is 1.43 bits per heavy atom. The van der Waals surface area contributed by atoms with Crippen LogP contribution in [0.1, 0.15) is 29.2 Å². The predicted octanol–water partition coefficient (Wildman–Crippen LogP) is 13.3. The van der Waals surface area contributed by atoms with E-state index in [4.69, 9.17) is 14.7 Å². The van der Waals surface area contributed by atoms with E-state index in [1.165, 1.54) is 5.52 Å². The Hall–Kier alpha value is -8.09. The molecule has 5 aromatic carbocycles. The summed E-state index contributed by atoms with van der Waals surface area (Å²) in [5.41, 5.74) is 17.6. The van der Waals surface area contributed by atoms with Crippen LogP contribution in [0.4, 0.5) is 0 Å². The molecule has 0 atom stereocenters. The second-order valence-corrected chi connectivity index (χ2v) is 15.9. The number of aromatic amines is 1. The van der Waals surface area contributed by atoms with E-state index in [2.05, 4.69) is 214 Å². The molecule has 0 aliphatic carbocycles. The minimum atomic E-state index is 0.748. The molecule has 0 unspecified atom stereocenters. The maximum Gasteiger partial charge on any atom is 0.212 e. The van der Waals surface area contributed by atoms with E-state index in [1.54, 1.807) is 7.11 Å². The molecule has 63 heavy (non-hydrogen) atoms. The highest BCUT2D eigenvalue weighted by molar-refractivity contribution is 6.00. The molecule has 2 aliphatic rings. The summed E-state index contributed by atoms with van der Waals surface area (Å²) in [5, 5.41) is 1.15. The van der Waals surface area contributed by atoms with Crippen LogP contribution >= 0.6 is 0 Å². The summed E-state index contributed by atoms with van der Waals surface area (Å²) >= 11 is 0. The van der Waals surface area contributed by atoms with Gasteiger partial charge in [0.25, 0.3) is 0 Å². The number of hydrogen-bond acceptors (Lipinski definition) is 3. The zero-order valence-corrected chi connectivity index (χ0v) is 34.9. The molecule has 1 N–H and O–H groups in total. The molecular weight excluding hydrogens is 771 g/mol. The van der Waals surface area contributed by atoms with Crippen LogP contribution in [0.15, 0.2) is 182 Å². The third-order valence-electron chi connectivity index (χ3n) is 12.1. The number of rotatable bonds is 9. The average Bonchev–Trinajstić information content (AvgIpc) is 4.19. The molecule has 0 spiro atoms. The lowest BCUT2D eigenvalue weighted by molar-refractivity contribution is -0.672. The molecule has 0 fully saturated rings. The summed E-state index contributed by atoms with van der Waals surface area (Å²) in [6, 6.07) is 62.1. The summed E-state index contributed by atoms with van der Waals surface area (Å²) in [5.74, 6) is 0.855. The van der Waals surface area contributed by atoms with Gasteiger partial charge in [0, 0.05) is 58.4 Å². The normalized spacial score (nSPS) is 12.0. The Morgan fingerprint density at radius 1 is 0.492 bits per heavy atom. The number of aryl methyl sites for hydroxylation is 2. The van der Waals surface area contributed by atoms with E-state index >= 15 is 0 Å². The van der Waals surface area contributed by atoms with Gasteiger partial charge in [0.1, 0.15) is 5.75 Å². The minimum absolute atomic E-state index is 0.748. The van der Waals surface area contributed by atoms with E-state index in [0.29, 0.717) is 0 Å². The van der Waals surface area contributed by atoms with Crippen molar-refractivity contribution in [2.75, 3.05) is 7.11 Å². The van der Waals surface area contributed by atoms with Crippen LogP contribution in [0, 0.1) is 0 Å². The summed E-state index contributed by atoms with van der Waals surface area (Å²) in [6.07, 6.45) is 11.8. The van der Waals surface area contributed by atoms with Gasteiger partial charge in [-0.25, -0.2) is 9.97 Å². The summed E-state index contributed by atoms with van der Waals surface area (Å²) < 4.78 is 10.4. The fourth-order valence-electron chi connectivity index (χ4n) is 9.25. The number of ether oxygens (including phenoxy) is 1. The van der Waals surface area contributed by atoms with Crippen LogP contribution in [0.2, 0.25) is 0 Å². The van der Waals surface area contributed by atoms with Crippen LogP contribution in [-0.4, -0.2) is 26.6 Å². The van der Waals surface area contributed by atoms with Crippen molar-refractivity contribution >= 4 is 57.3 Å². The molecule has 9 aromatic rings. The fraction of sp³-hybridized carbons (Fsp3) is 0.0702. The van der Waals surface area contributed by atoms with E-state index in [9.17, 15) is 0 Å². The third kappa shape index (κ3) is 7.11. The topological polar surface area (TPSA) is 59.6 Å². The van der Waals surface area contributed by atoms with Gasteiger partial charge in [-0.05, 0) is 89.0 Å². The Bertz CT molecular complexity index is 3210. The lowest BCUT2D eigenvalue weighted by Gasteiger charge is -2.14. The Morgan fingerprint density at radius 2 is 0.952 bits per heavy atom. The van der Waals surface area contributed by atoms with Crippen molar-refractivity contribution in [1.29, 1.82) is 0 Å². The predicted molar refractivity (Wildman–Crippen MR) is 260 cm³/mol. The van der Waals surface area contributed by atoms with Gasteiger partial charge >= 0.3 is 0 Å². The van der Waals surface area contributed by atoms with Crippen molar-refractivity contribution in [3.05, 3.63) is 205 Å². The van der Waals surface area contributed by atoms with Gasteiger partial charge in [0.05, 0.1) is 46.3 Å². The van der Waals surface area contributed by atoms with E-state index in [1.807, 2.05) is 6.07 Å². The molecule has 0 amide bonds. The monoisotopic (exact) mass is 814 g/mol. The molecule has 11 rings (SSSR count). The van der Waals surface area contributed by atoms with Gasteiger partial charge in [-0.15, -0.1) is 0 Å². The van der Waals surface area contributed by atoms with Crippen molar-refractivity contribution in [1.82, 2.24) is 19.5 Å². The van der Waals surface area contributed by atoms with Crippen molar-refractivity contribution < 1.29 is 9.30 Å². The van der Waals surface area contributed by atoms with E-state index in [-0.39, 0.29) is 0 Å². The quantitative estimate of drug-likeness (QED) is 0.148. The van der Waals surface area contributed by atoms with Gasteiger partial charge in [-0.1, -0.05) is 121 Å². The van der Waals surface area contributed by atoms with Crippen LogP contribution in [0.25, 0.3) is 102 Å². The number of fused-ring (bicyclic) bond motifs is 9. The van der Waals surface area contributed by atoms with E-state index in [0.717, 1.165) is 120 Å². The smallest absolute Gasteiger partial charge is 0.212 e. The molecule has 0 saturated heterocycles. The molecular formula is C57H44N5O+. The molecule has 302 valence electrons. The zero-order valence-electron chi connectivity index (χ0n) is 34.9. The summed E-state index contributed by atoms with van der Waals surface area (Å²) in [6.45, 7) is 1.57. The second kappa shape index (κ2) is 16.4. The second-order valence-electron chi connectivity index (χ2n) is 15.9. The Labute approximate surface area is 366 Å². The number of nitrogens with zero attached hydrogens (tertiary/aromatic N) is 4. The summed E-state index contributed by atoms with van der Waals surface area (Å²) in [7, 11) is 1.72. The number of benzene rings is 5. The van der Waals surface area contributed by atoms with Crippen molar-refractivity contribution in [3.8, 4) is 50.3 Å². The SMILES string of the molecule is COc1ccc2c(ccc[n+]2CCCn2c3ccc2c(-c2ccccc2)c2nc(c(-c4ccccc4)c4ccc([nH]4)c(-c4ccccc4)c4nc(c3-c3ccccc3)C=C4)C=C2)c1. The zero-order chi connectivity index (χ0) is 42.1. The average molecular weight is 815 g/mol. The first-order chi connectivity index (χ1) is 31.2. The number of aromatic nitrogens is 5. The molecule has 6 heterocycles. The minimum Gasteiger partial charge on any atom is -0.497 e. The number of nitrogens with one attached hydrogen (secondary N) is 1. The lowest BCUT2D eigenvalue weighted by Crippen LogP contribution is -2.34. The van der Waals surface area contributed by atoms with Crippen LogP contribution in [0.3, 0.4) is 0 Å². The maximum absolute atomic E-state index is 5.57. The molecule has 6 heteroatoms. The largest absolute Gasteiger partial charge is 0.497 e. The number of hydrogen-bond donors (Lipinski definition) is 1. The standard InChI is InChI=1S/C57H44N5O/c1-63-44-25-32-51-43(38-44)24-14-35-61(51)36-15-37-62-52-33-34-53(62)57(42-22-12-5-13-23-42)50-31-29-48(60-50)55(40-18-8-3-9-19-40)46-27-26-45(58-46)54(39-16-6-2-7-17-39)47-28-30-49(59-47)56(52)41-20-10-4-11-21-41/h2-14,16-35,38,58H,15,36-37H2,1H3/q+1. The molecule has 0 radical (unpaired) electrons. The van der Waals surface area contributed by atoms with Gasteiger partial charge in [0.15, 0.2) is 12.7 Å². The van der Waals surface area contributed by atoms with Crippen molar-refractivity contribution in [2.45, 2.75) is 19.5 Å². The fourth-order valence-corrected chi connectivity index (χ4v) is 9.25. The van der Waals surface area contributed by atoms with Gasteiger partial charge < -0.3 is 14.3 Å². The number of methoxy groups -OCH3 is 1. The highest BCUT2D eigenvalue weighted by Crippen LogP contribution is 2.39. The van der Waals surface area contributed by atoms with Gasteiger partial charge in [-0.3, -0.25) is 0 Å². The maximum atomic E-state index is 5.57. The van der Waals surface area contributed by atoms with Gasteiger partial charge in [-0.2, -0.15) is 4.57 Å². The molecule has 6 nitrogen and oxygen atoms in total. The Kier molecular flexibility index (Phi) is 9.86. The Balaban J connectivity index is 1.24. The first-order valence-electron chi connectivity index (χ1n) is 21.5.